The van der Waals surface area contributed by atoms with Crippen LogP contribution in [0.1, 0.15) is 26.2 Å². The van der Waals surface area contributed by atoms with Crippen LogP contribution in [-0.4, -0.2) is 11.8 Å². The molecule has 0 rings (SSSR count). The molecule has 0 aliphatic carbocycles. The zero-order chi connectivity index (χ0) is 9.56. The maximum atomic E-state index is 10.7. The molecule has 0 heterocycles. The number of allylic oxidation sites excluding steroid dienone is 2. The van der Waals surface area contributed by atoms with Gasteiger partial charge in [-0.3, -0.25) is 4.79 Å². The van der Waals surface area contributed by atoms with Gasteiger partial charge in [0.2, 0.25) is 0 Å². The van der Waals surface area contributed by atoms with Crippen molar-refractivity contribution in [2.75, 3.05) is 0 Å². The normalized spacial score (nSPS) is 9.64. The van der Waals surface area contributed by atoms with Crippen molar-refractivity contribution in [3.63, 3.8) is 0 Å². The van der Waals surface area contributed by atoms with Crippen LogP contribution >= 0.6 is 0 Å². The Balaban J connectivity index is -0.000000605. The van der Waals surface area contributed by atoms with E-state index in [1.807, 2.05) is 0 Å². The molecule has 0 aliphatic rings. The van der Waals surface area contributed by atoms with Gasteiger partial charge in [-0.15, -0.1) is 5.76 Å². The molecule has 0 bridgehead atoms. The summed E-state index contributed by atoms with van der Waals surface area (Å²) in [5.41, 5.74) is 0. The first-order valence-corrected chi connectivity index (χ1v) is 3.66. The molecule has 0 spiro atoms. The number of rotatable bonds is 5. The molecule has 0 aromatic heterocycles. The minimum atomic E-state index is -1.46. The number of carbonyl (C=O) groups is 2. The summed E-state index contributed by atoms with van der Waals surface area (Å²) in [6, 6.07) is 0. The molecule has 0 fully saturated rings. The largest absolute Gasteiger partial charge is 1.00 e. The van der Waals surface area contributed by atoms with Gasteiger partial charge in [0.25, 0.3) is 0 Å². The Morgan fingerprint density at radius 1 is 1.21 bits per heavy atom. The first-order valence-electron chi connectivity index (χ1n) is 3.66. The molecule has 68 valence electrons. The summed E-state index contributed by atoms with van der Waals surface area (Å²) in [4.78, 5) is 20.5. The van der Waals surface area contributed by atoms with Gasteiger partial charge in [0.05, 0.1) is 6.42 Å². The maximum absolute atomic E-state index is 10.7. The monoisotopic (exact) mass is 248 g/mol. The molecule has 0 amide bonds. The number of carboxylic acid groups (broad SMARTS) is 1. The molecule has 14 heavy (non-hydrogen) atoms. The van der Waals surface area contributed by atoms with Crippen molar-refractivity contribution in [2.45, 2.75) is 26.2 Å². The van der Waals surface area contributed by atoms with Crippen molar-refractivity contribution >= 4 is 11.8 Å². The Kier molecular flexibility index (Phi) is 19.8. The van der Waals surface area contributed by atoms with Crippen molar-refractivity contribution in [3.8, 4) is 0 Å². The first-order chi connectivity index (χ1) is 5.56. The second kappa shape index (κ2) is 13.0. The molecule has 0 aliphatic heterocycles. The van der Waals surface area contributed by atoms with Crippen LogP contribution in [0.15, 0.2) is 11.8 Å². The Labute approximate surface area is 168 Å². The molecule has 0 N–H and O–H groups in total. The van der Waals surface area contributed by atoms with Gasteiger partial charge in [0.15, 0.2) is 5.78 Å². The molecule has 0 radical (unpaired) electrons. The van der Waals surface area contributed by atoms with Gasteiger partial charge in [-0.1, -0.05) is 13.3 Å². The van der Waals surface area contributed by atoms with E-state index in [4.69, 9.17) is 0 Å². The molecule has 0 unspecified atom stereocenters. The van der Waals surface area contributed by atoms with E-state index in [0.717, 1.165) is 6.08 Å². The smallest absolute Gasteiger partial charge is 0.875 e. The van der Waals surface area contributed by atoms with Gasteiger partial charge in [-0.25, -0.2) is 0 Å². The van der Waals surface area contributed by atoms with Gasteiger partial charge in [-0.05, 0) is 12.5 Å². The summed E-state index contributed by atoms with van der Waals surface area (Å²) >= 11 is 0. The number of carbonyl (C=O) groups excluding carboxylic acids is 2. The van der Waals surface area contributed by atoms with Crippen LogP contribution in [0.2, 0.25) is 0 Å². The van der Waals surface area contributed by atoms with Crippen molar-refractivity contribution in [2.24, 2.45) is 0 Å². The fourth-order valence-electron chi connectivity index (χ4n) is 0.691. The van der Waals surface area contributed by atoms with E-state index in [2.05, 4.69) is 0 Å². The van der Waals surface area contributed by atoms with Crippen LogP contribution in [0, 0.1) is 0 Å². The first kappa shape index (κ1) is 21.3. The number of aliphatic carboxylic acids is 1. The summed E-state index contributed by atoms with van der Waals surface area (Å²) in [6.45, 7) is 1.80. The van der Waals surface area contributed by atoms with Crippen molar-refractivity contribution in [1.82, 2.24) is 0 Å². The molecule has 4 nitrogen and oxygen atoms in total. The zero-order valence-corrected chi connectivity index (χ0v) is 15.1. The van der Waals surface area contributed by atoms with E-state index >= 15 is 0 Å². The average molecular weight is 248 g/mol. The molecular formula is C8H10K2O4. The van der Waals surface area contributed by atoms with E-state index in [-0.39, 0.29) is 115 Å². The van der Waals surface area contributed by atoms with Crippen LogP contribution < -0.4 is 113 Å². The zero-order valence-electron chi connectivity index (χ0n) is 8.83. The van der Waals surface area contributed by atoms with E-state index < -0.39 is 18.2 Å². The molecular weight excluding hydrogens is 238 g/mol. The Bertz CT molecular complexity index is 213. The minimum absolute atomic E-state index is 0. The van der Waals surface area contributed by atoms with E-state index in [0.29, 0.717) is 6.42 Å². The topological polar surface area (TPSA) is 80.3 Å². The second-order valence-corrected chi connectivity index (χ2v) is 2.38. The molecule has 6 heteroatoms. The quantitative estimate of drug-likeness (QED) is 0.209. The number of ketones is 1. The Hall–Kier alpha value is 1.95. The number of hydrogen-bond donors (Lipinski definition) is 0. The maximum Gasteiger partial charge on any atom is 1.00 e. The van der Waals surface area contributed by atoms with Crippen LogP contribution in [0.4, 0.5) is 0 Å². The predicted molar refractivity (Wildman–Crippen MR) is 37.6 cm³/mol. The standard InChI is InChI=1S/C8H12O4.2K/c1-2-3-6(9)4-7(10)5-8(11)12;;/h4,9H,2-3,5H2,1H3,(H,11,12);;/q;2*+1/p-2/b6-4-;;. The van der Waals surface area contributed by atoms with Crippen molar-refractivity contribution in [1.29, 1.82) is 0 Å². The Morgan fingerprint density at radius 2 is 1.71 bits per heavy atom. The molecule has 0 saturated heterocycles. The summed E-state index contributed by atoms with van der Waals surface area (Å²) in [7, 11) is 0. The van der Waals surface area contributed by atoms with E-state index in [1.165, 1.54) is 0 Å². The Morgan fingerprint density at radius 3 is 2.07 bits per heavy atom. The van der Waals surface area contributed by atoms with E-state index in [9.17, 15) is 19.8 Å². The van der Waals surface area contributed by atoms with Gasteiger partial charge >= 0.3 is 103 Å². The molecule has 0 aromatic rings. The average Bonchev–Trinajstić information content (AvgIpc) is 1.84. The van der Waals surface area contributed by atoms with Crippen LogP contribution in [0.5, 0.6) is 0 Å². The molecule has 0 aromatic carbocycles. The molecule has 0 atom stereocenters. The van der Waals surface area contributed by atoms with Crippen LogP contribution in [-0.2, 0) is 9.59 Å². The van der Waals surface area contributed by atoms with Crippen molar-refractivity contribution < 1.29 is 123 Å². The number of hydrogen-bond acceptors (Lipinski definition) is 4. The second-order valence-electron chi connectivity index (χ2n) is 2.38. The van der Waals surface area contributed by atoms with Crippen LogP contribution in [0.25, 0.3) is 0 Å². The number of carboxylic acids is 1. The van der Waals surface area contributed by atoms with Gasteiger partial charge in [-0.2, -0.15) is 0 Å². The summed E-state index contributed by atoms with van der Waals surface area (Å²) in [6.07, 6.45) is 1.03. The summed E-state index contributed by atoms with van der Waals surface area (Å²) in [5.74, 6) is -2.49. The SMILES string of the molecule is CCC/C([O-])=C/C(=O)CC(=O)[O-].[K+].[K+]. The van der Waals surface area contributed by atoms with Gasteiger partial charge in [0, 0.05) is 5.97 Å². The molecule has 0 saturated carbocycles. The van der Waals surface area contributed by atoms with E-state index in [1.54, 1.807) is 6.92 Å². The third-order valence-electron chi connectivity index (χ3n) is 1.14. The van der Waals surface area contributed by atoms with Gasteiger partial charge < -0.3 is 15.0 Å². The summed E-state index contributed by atoms with van der Waals surface area (Å²) < 4.78 is 0. The fourth-order valence-corrected chi connectivity index (χ4v) is 0.691. The summed E-state index contributed by atoms with van der Waals surface area (Å²) in [5, 5.41) is 20.6. The fraction of sp³-hybridized carbons (Fsp3) is 0.500. The predicted octanol–water partition coefficient (Wildman–Crippen LogP) is -7.25. The minimum Gasteiger partial charge on any atom is -0.875 e. The third-order valence-corrected chi connectivity index (χ3v) is 1.14. The van der Waals surface area contributed by atoms with Crippen LogP contribution in [0.3, 0.4) is 0 Å². The third kappa shape index (κ3) is 14.0. The van der Waals surface area contributed by atoms with Crippen molar-refractivity contribution in [3.05, 3.63) is 11.8 Å². The van der Waals surface area contributed by atoms with Gasteiger partial charge in [0.1, 0.15) is 0 Å².